The van der Waals surface area contributed by atoms with Crippen LogP contribution in [-0.4, -0.2) is 4.98 Å². The Balaban J connectivity index is 2.02. The van der Waals surface area contributed by atoms with Gasteiger partial charge in [-0.15, -0.1) is 11.3 Å². The minimum Gasteiger partial charge on any atom is -0.383 e. The number of nitrogens with zero attached hydrogens (tertiary/aromatic N) is 1. The molecular formula is C11H11BrN2S. The summed E-state index contributed by atoms with van der Waals surface area (Å²) in [6.07, 6.45) is 3.69. The van der Waals surface area contributed by atoms with Crippen LogP contribution in [0.15, 0.2) is 34.2 Å². The molecule has 0 atom stereocenters. The van der Waals surface area contributed by atoms with Gasteiger partial charge in [-0.3, -0.25) is 0 Å². The molecule has 0 radical (unpaired) electrons. The fourth-order valence-electron chi connectivity index (χ4n) is 1.40. The van der Waals surface area contributed by atoms with Crippen LogP contribution in [-0.2, 0) is 12.8 Å². The maximum absolute atomic E-state index is 5.77. The van der Waals surface area contributed by atoms with E-state index in [1.54, 1.807) is 17.5 Å². The first-order valence-corrected chi connectivity index (χ1v) is 6.35. The van der Waals surface area contributed by atoms with Crippen molar-refractivity contribution >= 4 is 33.1 Å². The van der Waals surface area contributed by atoms with Crippen LogP contribution in [0.5, 0.6) is 0 Å². The molecular weight excluding hydrogens is 272 g/mol. The lowest BCUT2D eigenvalue weighted by Crippen LogP contribution is -1.98. The summed E-state index contributed by atoms with van der Waals surface area (Å²) >= 11 is 5.21. The molecule has 0 aliphatic heterocycles. The van der Waals surface area contributed by atoms with E-state index in [9.17, 15) is 0 Å². The van der Waals surface area contributed by atoms with Crippen LogP contribution in [0.4, 0.5) is 5.82 Å². The molecule has 0 saturated carbocycles. The minimum absolute atomic E-state index is 0.646. The zero-order valence-electron chi connectivity index (χ0n) is 8.11. The zero-order chi connectivity index (χ0) is 10.7. The van der Waals surface area contributed by atoms with Gasteiger partial charge in [0.05, 0.1) is 0 Å². The van der Waals surface area contributed by atoms with Crippen LogP contribution in [0.2, 0.25) is 0 Å². The van der Waals surface area contributed by atoms with E-state index in [4.69, 9.17) is 5.73 Å². The molecule has 0 bridgehead atoms. The number of hydrogen-bond acceptors (Lipinski definition) is 3. The van der Waals surface area contributed by atoms with Gasteiger partial charge in [0.1, 0.15) is 5.82 Å². The van der Waals surface area contributed by atoms with Crippen LogP contribution in [0, 0.1) is 0 Å². The van der Waals surface area contributed by atoms with Crippen LogP contribution in [0.3, 0.4) is 0 Å². The number of thiophene rings is 1. The number of nitrogen functional groups attached to an aromatic ring is 1. The third-order valence-electron chi connectivity index (χ3n) is 2.19. The molecule has 0 amide bonds. The molecule has 2 aromatic heterocycles. The number of nitrogens with two attached hydrogens (primary N) is 1. The summed E-state index contributed by atoms with van der Waals surface area (Å²) in [5, 5.41) is 2.10. The van der Waals surface area contributed by atoms with E-state index >= 15 is 0 Å². The first-order valence-electron chi connectivity index (χ1n) is 4.68. The molecule has 78 valence electrons. The molecule has 0 fully saturated rings. The van der Waals surface area contributed by atoms with Gasteiger partial charge in [0, 0.05) is 20.9 Å². The molecule has 0 aromatic carbocycles. The average Bonchev–Trinajstić information content (AvgIpc) is 2.63. The monoisotopic (exact) mass is 282 g/mol. The van der Waals surface area contributed by atoms with Crippen molar-refractivity contribution in [1.29, 1.82) is 0 Å². The number of pyridine rings is 1. The van der Waals surface area contributed by atoms with E-state index in [0.29, 0.717) is 5.82 Å². The molecule has 2 nitrogen and oxygen atoms in total. The van der Waals surface area contributed by atoms with Crippen molar-refractivity contribution in [3.63, 3.8) is 0 Å². The quantitative estimate of drug-likeness (QED) is 0.939. The third kappa shape index (κ3) is 2.79. The van der Waals surface area contributed by atoms with E-state index in [2.05, 4.69) is 32.4 Å². The molecule has 2 rings (SSSR count). The standard InChI is InChI=1S/C11H11BrN2S/c12-9-6-10(15-7-9)4-3-8-2-1-5-14-11(8)13/h1-2,5-7H,3-4H2,(H2,13,14). The van der Waals surface area contributed by atoms with Crippen LogP contribution < -0.4 is 5.73 Å². The minimum atomic E-state index is 0.646. The third-order valence-corrected chi connectivity index (χ3v) is 3.95. The van der Waals surface area contributed by atoms with Crippen LogP contribution in [0.25, 0.3) is 0 Å². The number of hydrogen-bond donors (Lipinski definition) is 1. The second-order valence-corrected chi connectivity index (χ2v) is 5.19. The molecule has 2 heterocycles. The largest absolute Gasteiger partial charge is 0.383 e. The summed E-state index contributed by atoms with van der Waals surface area (Å²) in [4.78, 5) is 5.43. The Labute approximate surface area is 101 Å². The number of aromatic nitrogens is 1. The summed E-state index contributed by atoms with van der Waals surface area (Å²) in [5.74, 6) is 0.646. The van der Waals surface area contributed by atoms with Gasteiger partial charge in [0.25, 0.3) is 0 Å². The second-order valence-electron chi connectivity index (χ2n) is 3.28. The van der Waals surface area contributed by atoms with Crippen molar-refractivity contribution in [2.45, 2.75) is 12.8 Å². The fourth-order valence-corrected chi connectivity index (χ4v) is 2.86. The number of rotatable bonds is 3. The van der Waals surface area contributed by atoms with E-state index in [1.165, 1.54) is 4.88 Å². The summed E-state index contributed by atoms with van der Waals surface area (Å²) in [5.41, 5.74) is 6.90. The molecule has 0 spiro atoms. The lowest BCUT2D eigenvalue weighted by atomic mass is 10.1. The molecule has 0 aliphatic carbocycles. The Morgan fingerprint density at radius 3 is 2.93 bits per heavy atom. The first kappa shape index (κ1) is 10.6. The highest BCUT2D eigenvalue weighted by molar-refractivity contribution is 9.10. The van der Waals surface area contributed by atoms with E-state index < -0.39 is 0 Å². The van der Waals surface area contributed by atoms with Crippen molar-refractivity contribution in [3.8, 4) is 0 Å². The van der Waals surface area contributed by atoms with Gasteiger partial charge >= 0.3 is 0 Å². The highest BCUT2D eigenvalue weighted by atomic mass is 79.9. The summed E-state index contributed by atoms with van der Waals surface area (Å²) in [6, 6.07) is 6.11. The van der Waals surface area contributed by atoms with Gasteiger partial charge in [-0.25, -0.2) is 4.98 Å². The maximum Gasteiger partial charge on any atom is 0.126 e. The van der Waals surface area contributed by atoms with Gasteiger partial charge < -0.3 is 5.73 Å². The predicted molar refractivity (Wildman–Crippen MR) is 68.1 cm³/mol. The van der Waals surface area contributed by atoms with E-state index in [0.717, 1.165) is 22.9 Å². The smallest absolute Gasteiger partial charge is 0.126 e. The Morgan fingerprint density at radius 2 is 2.27 bits per heavy atom. The van der Waals surface area contributed by atoms with Crippen molar-refractivity contribution < 1.29 is 0 Å². The lowest BCUT2D eigenvalue weighted by Gasteiger charge is -2.02. The topological polar surface area (TPSA) is 38.9 Å². The average molecular weight is 283 g/mol. The second kappa shape index (κ2) is 4.77. The first-order chi connectivity index (χ1) is 7.25. The fraction of sp³-hybridized carbons (Fsp3) is 0.182. The highest BCUT2D eigenvalue weighted by Gasteiger charge is 2.02. The number of halogens is 1. The number of aryl methyl sites for hydroxylation is 2. The van der Waals surface area contributed by atoms with Gasteiger partial charge in [-0.05, 0) is 46.5 Å². The lowest BCUT2D eigenvalue weighted by molar-refractivity contribution is 0.973. The molecule has 4 heteroatoms. The summed E-state index contributed by atoms with van der Waals surface area (Å²) in [7, 11) is 0. The molecule has 2 N–H and O–H groups in total. The molecule has 0 aliphatic rings. The Kier molecular flexibility index (Phi) is 3.38. The van der Waals surface area contributed by atoms with Gasteiger partial charge in [0.2, 0.25) is 0 Å². The Morgan fingerprint density at radius 1 is 1.40 bits per heavy atom. The van der Waals surface area contributed by atoms with E-state index in [1.807, 2.05) is 12.1 Å². The predicted octanol–water partition coefficient (Wildman–Crippen LogP) is 3.27. The molecule has 0 saturated heterocycles. The van der Waals surface area contributed by atoms with Gasteiger partial charge in [-0.1, -0.05) is 6.07 Å². The molecule has 15 heavy (non-hydrogen) atoms. The summed E-state index contributed by atoms with van der Waals surface area (Å²) in [6.45, 7) is 0. The normalized spacial score (nSPS) is 10.5. The maximum atomic E-state index is 5.77. The van der Waals surface area contributed by atoms with Gasteiger partial charge in [0.15, 0.2) is 0 Å². The molecule has 0 unspecified atom stereocenters. The number of anilines is 1. The molecule has 2 aromatic rings. The Bertz CT molecular complexity index is 453. The van der Waals surface area contributed by atoms with Crippen LogP contribution in [0.1, 0.15) is 10.4 Å². The van der Waals surface area contributed by atoms with Crippen LogP contribution >= 0.6 is 27.3 Å². The van der Waals surface area contributed by atoms with E-state index in [-0.39, 0.29) is 0 Å². The Hall–Kier alpha value is -0.870. The van der Waals surface area contributed by atoms with Crippen molar-refractivity contribution in [3.05, 3.63) is 44.7 Å². The zero-order valence-corrected chi connectivity index (χ0v) is 10.5. The van der Waals surface area contributed by atoms with Crippen molar-refractivity contribution in [1.82, 2.24) is 4.98 Å². The van der Waals surface area contributed by atoms with Crippen molar-refractivity contribution in [2.75, 3.05) is 5.73 Å². The SMILES string of the molecule is Nc1ncccc1CCc1cc(Br)cs1. The summed E-state index contributed by atoms with van der Waals surface area (Å²) < 4.78 is 1.15. The van der Waals surface area contributed by atoms with Crippen molar-refractivity contribution in [2.24, 2.45) is 0 Å². The highest BCUT2D eigenvalue weighted by Crippen LogP contribution is 2.21. The van der Waals surface area contributed by atoms with Gasteiger partial charge in [-0.2, -0.15) is 0 Å².